The van der Waals surface area contributed by atoms with Crippen molar-refractivity contribution in [1.82, 2.24) is 9.55 Å². The van der Waals surface area contributed by atoms with Gasteiger partial charge in [-0.05, 0) is 36.4 Å². The second-order valence-electron chi connectivity index (χ2n) is 4.88. The second kappa shape index (κ2) is 6.23. The Hall–Kier alpha value is -2.27. The number of aryl methyl sites for hydroxylation is 1. The average Bonchev–Trinajstić information content (AvgIpc) is 2.89. The van der Waals surface area contributed by atoms with Crippen LogP contribution in [0.1, 0.15) is 10.4 Å². The van der Waals surface area contributed by atoms with E-state index < -0.39 is 0 Å². The monoisotopic (exact) mass is 312 g/mol. The molecule has 4 nitrogen and oxygen atoms in total. The van der Waals surface area contributed by atoms with Gasteiger partial charge >= 0.3 is 0 Å². The molecule has 1 heterocycles. The molecular formula is C17H16N2O2S. The fraction of sp³-hybridized carbons (Fsp3) is 0.176. The van der Waals surface area contributed by atoms with Crippen molar-refractivity contribution in [3.63, 3.8) is 0 Å². The van der Waals surface area contributed by atoms with E-state index in [1.165, 1.54) is 11.8 Å². The van der Waals surface area contributed by atoms with Crippen molar-refractivity contribution in [3.05, 3.63) is 54.1 Å². The lowest BCUT2D eigenvalue weighted by molar-refractivity contribution is 0.102. The van der Waals surface area contributed by atoms with Crippen molar-refractivity contribution >= 4 is 28.6 Å². The summed E-state index contributed by atoms with van der Waals surface area (Å²) in [7, 11) is 3.58. The van der Waals surface area contributed by atoms with Gasteiger partial charge in [0.25, 0.3) is 0 Å². The number of ether oxygens (including phenoxy) is 1. The van der Waals surface area contributed by atoms with E-state index in [1.807, 2.05) is 35.9 Å². The molecule has 0 saturated heterocycles. The molecule has 0 bridgehead atoms. The topological polar surface area (TPSA) is 44.1 Å². The molecule has 0 aliphatic carbocycles. The van der Waals surface area contributed by atoms with Crippen molar-refractivity contribution in [2.24, 2.45) is 7.05 Å². The Balaban J connectivity index is 1.72. The first-order valence-corrected chi connectivity index (χ1v) is 7.89. The van der Waals surface area contributed by atoms with Crippen molar-refractivity contribution in [1.29, 1.82) is 0 Å². The maximum Gasteiger partial charge on any atom is 0.173 e. The quantitative estimate of drug-likeness (QED) is 0.534. The number of Topliss-reactive ketones (excluding diaryl/α,β-unsaturated/α-hetero) is 1. The van der Waals surface area contributed by atoms with Crippen LogP contribution in [0.4, 0.5) is 0 Å². The normalized spacial score (nSPS) is 10.8. The van der Waals surface area contributed by atoms with Gasteiger partial charge in [0.05, 0.1) is 23.9 Å². The molecule has 0 aliphatic heterocycles. The third kappa shape index (κ3) is 2.85. The molecule has 0 aliphatic rings. The summed E-state index contributed by atoms with van der Waals surface area (Å²) in [5, 5.41) is 0.850. The molecule has 3 aromatic rings. The Morgan fingerprint density at radius 3 is 2.59 bits per heavy atom. The number of imidazole rings is 1. The Morgan fingerprint density at radius 1 is 1.18 bits per heavy atom. The molecule has 2 aromatic carbocycles. The highest BCUT2D eigenvalue weighted by atomic mass is 32.2. The molecule has 0 N–H and O–H groups in total. The first-order valence-electron chi connectivity index (χ1n) is 6.90. The number of aromatic nitrogens is 2. The largest absolute Gasteiger partial charge is 0.497 e. The molecule has 0 saturated carbocycles. The third-order valence-corrected chi connectivity index (χ3v) is 4.52. The van der Waals surface area contributed by atoms with Crippen LogP contribution in [-0.2, 0) is 7.05 Å². The smallest absolute Gasteiger partial charge is 0.173 e. The number of nitrogens with zero attached hydrogens (tertiary/aromatic N) is 2. The number of rotatable bonds is 5. The first-order chi connectivity index (χ1) is 10.7. The summed E-state index contributed by atoms with van der Waals surface area (Å²) < 4.78 is 7.11. The fourth-order valence-corrected chi connectivity index (χ4v) is 3.12. The van der Waals surface area contributed by atoms with Gasteiger partial charge < -0.3 is 9.30 Å². The number of hydrogen-bond acceptors (Lipinski definition) is 4. The number of para-hydroxylation sites is 2. The van der Waals surface area contributed by atoms with Crippen LogP contribution in [0, 0.1) is 0 Å². The number of hydrogen-bond donors (Lipinski definition) is 0. The number of methoxy groups -OCH3 is 1. The lowest BCUT2D eigenvalue weighted by atomic mass is 10.1. The van der Waals surface area contributed by atoms with E-state index in [9.17, 15) is 4.79 Å². The Kier molecular flexibility index (Phi) is 4.15. The summed E-state index contributed by atoms with van der Waals surface area (Å²) in [6, 6.07) is 15.1. The molecule has 1 aromatic heterocycles. The number of ketones is 1. The highest BCUT2D eigenvalue weighted by Gasteiger charge is 2.11. The predicted molar refractivity (Wildman–Crippen MR) is 88.8 cm³/mol. The molecule has 0 unspecified atom stereocenters. The third-order valence-electron chi connectivity index (χ3n) is 3.49. The average molecular weight is 312 g/mol. The molecule has 0 atom stereocenters. The van der Waals surface area contributed by atoms with Gasteiger partial charge in [-0.3, -0.25) is 4.79 Å². The van der Waals surface area contributed by atoms with E-state index in [1.54, 1.807) is 31.4 Å². The molecule has 22 heavy (non-hydrogen) atoms. The van der Waals surface area contributed by atoms with Crippen LogP contribution >= 0.6 is 11.8 Å². The van der Waals surface area contributed by atoms with Crippen LogP contribution in [0.15, 0.2) is 53.7 Å². The van der Waals surface area contributed by atoms with E-state index >= 15 is 0 Å². The van der Waals surface area contributed by atoms with E-state index in [2.05, 4.69) is 4.98 Å². The van der Waals surface area contributed by atoms with Gasteiger partial charge in [0, 0.05) is 12.6 Å². The molecule has 0 fully saturated rings. The molecule has 5 heteroatoms. The van der Waals surface area contributed by atoms with Gasteiger partial charge in [-0.25, -0.2) is 4.98 Å². The summed E-state index contributed by atoms with van der Waals surface area (Å²) in [5.74, 6) is 1.20. The van der Waals surface area contributed by atoms with Gasteiger partial charge in [0.2, 0.25) is 0 Å². The zero-order valence-corrected chi connectivity index (χ0v) is 13.3. The summed E-state index contributed by atoms with van der Waals surface area (Å²) >= 11 is 1.46. The van der Waals surface area contributed by atoms with E-state index in [0.29, 0.717) is 11.3 Å². The van der Waals surface area contributed by atoms with Gasteiger partial charge in [-0.15, -0.1) is 0 Å². The number of fused-ring (bicyclic) bond motifs is 1. The van der Waals surface area contributed by atoms with Crippen molar-refractivity contribution in [2.75, 3.05) is 12.9 Å². The van der Waals surface area contributed by atoms with Gasteiger partial charge in [0.1, 0.15) is 5.75 Å². The summed E-state index contributed by atoms with van der Waals surface area (Å²) in [4.78, 5) is 16.8. The van der Waals surface area contributed by atoms with Gasteiger partial charge in [-0.2, -0.15) is 0 Å². The van der Waals surface area contributed by atoms with E-state index in [4.69, 9.17) is 4.74 Å². The first kappa shape index (κ1) is 14.7. The van der Waals surface area contributed by atoms with Crippen LogP contribution in [0.3, 0.4) is 0 Å². The van der Waals surface area contributed by atoms with E-state index in [-0.39, 0.29) is 5.78 Å². The Labute approximate surface area is 133 Å². The van der Waals surface area contributed by atoms with Crippen molar-refractivity contribution in [3.8, 4) is 5.75 Å². The summed E-state index contributed by atoms with van der Waals surface area (Å²) in [6.45, 7) is 0. The van der Waals surface area contributed by atoms with E-state index in [0.717, 1.165) is 21.9 Å². The van der Waals surface area contributed by atoms with Crippen LogP contribution in [0.2, 0.25) is 0 Å². The van der Waals surface area contributed by atoms with Crippen molar-refractivity contribution < 1.29 is 9.53 Å². The highest BCUT2D eigenvalue weighted by molar-refractivity contribution is 7.99. The molecule has 0 amide bonds. The Bertz CT molecular complexity index is 809. The molecule has 0 radical (unpaired) electrons. The maximum absolute atomic E-state index is 12.2. The second-order valence-corrected chi connectivity index (χ2v) is 5.82. The Morgan fingerprint density at radius 2 is 1.91 bits per heavy atom. The predicted octanol–water partition coefficient (Wildman–Crippen LogP) is 3.56. The summed E-state index contributed by atoms with van der Waals surface area (Å²) in [5.41, 5.74) is 2.71. The number of carbonyl (C=O) groups is 1. The lowest BCUT2D eigenvalue weighted by Gasteiger charge is -2.03. The fourth-order valence-electron chi connectivity index (χ4n) is 2.24. The van der Waals surface area contributed by atoms with Crippen molar-refractivity contribution in [2.45, 2.75) is 5.16 Å². The minimum Gasteiger partial charge on any atom is -0.497 e. The van der Waals surface area contributed by atoms with Gasteiger partial charge in [-0.1, -0.05) is 23.9 Å². The minimum atomic E-state index is 0.0831. The number of carbonyl (C=O) groups excluding carboxylic acids is 1. The zero-order valence-electron chi connectivity index (χ0n) is 12.4. The minimum absolute atomic E-state index is 0.0831. The molecular weight excluding hydrogens is 296 g/mol. The standard InChI is InChI=1S/C17H16N2O2S/c1-19-15-6-4-3-5-14(15)18-17(19)22-11-16(20)12-7-9-13(21-2)10-8-12/h3-10H,11H2,1-2H3. The summed E-state index contributed by atoms with van der Waals surface area (Å²) in [6.07, 6.45) is 0. The number of thioether (sulfide) groups is 1. The van der Waals surface area contributed by atoms with Crippen LogP contribution in [-0.4, -0.2) is 28.2 Å². The lowest BCUT2D eigenvalue weighted by Crippen LogP contribution is -2.03. The van der Waals surface area contributed by atoms with Crippen LogP contribution in [0.5, 0.6) is 5.75 Å². The van der Waals surface area contributed by atoms with Gasteiger partial charge in [0.15, 0.2) is 10.9 Å². The highest BCUT2D eigenvalue weighted by Crippen LogP contribution is 2.23. The maximum atomic E-state index is 12.2. The molecule has 112 valence electrons. The van der Waals surface area contributed by atoms with Crippen LogP contribution < -0.4 is 4.74 Å². The molecule has 3 rings (SSSR count). The van der Waals surface area contributed by atoms with Crippen LogP contribution in [0.25, 0.3) is 11.0 Å². The zero-order chi connectivity index (χ0) is 15.5. The molecule has 0 spiro atoms. The SMILES string of the molecule is COc1ccc(C(=O)CSc2nc3ccccc3n2C)cc1. The number of benzene rings is 2.